The zero-order valence-corrected chi connectivity index (χ0v) is 5.79. The highest BCUT2D eigenvalue weighted by Gasteiger charge is 1.90. The maximum absolute atomic E-state index is 10.2. The molecule has 0 heterocycles. The predicted molar refractivity (Wildman–Crippen MR) is 33.4 cm³/mol. The molecule has 0 aliphatic carbocycles. The Hall–Kier alpha value is -0.110. The normalized spacial score (nSPS) is 8.29. The monoisotopic (exact) mass is 162 g/mol. The Balaban J connectivity index is 3.32. The molecule has 0 aromatic carbocycles. The summed E-state index contributed by atoms with van der Waals surface area (Å²) in [5, 5.41) is 0. The van der Waals surface area contributed by atoms with Crippen LogP contribution >= 0.6 is 15.9 Å². The first-order valence-electron chi connectivity index (χ1n) is 1.95. The molecule has 0 saturated heterocycles. The smallest absolute Gasteiger partial charge is 0.134 e. The van der Waals surface area contributed by atoms with Gasteiger partial charge in [-0.3, -0.25) is 4.79 Å². The molecule has 0 unspecified atom stereocenters. The molecule has 0 aliphatic heterocycles. The van der Waals surface area contributed by atoms with Crippen LogP contribution in [0.4, 0.5) is 0 Å². The molecule has 0 rings (SSSR count). The minimum Gasteiger partial charge on any atom is -0.300 e. The first kappa shape index (κ1) is 6.89. The molecular weight excluding hydrogens is 156 g/mol. The van der Waals surface area contributed by atoms with E-state index in [4.69, 9.17) is 0 Å². The molecule has 0 amide bonds. The topological polar surface area (TPSA) is 17.1 Å². The fourth-order valence-corrected chi connectivity index (χ4v) is 0.665. The van der Waals surface area contributed by atoms with Crippen molar-refractivity contribution in [1.82, 2.24) is 0 Å². The van der Waals surface area contributed by atoms with Gasteiger partial charge in [0.15, 0.2) is 0 Å². The molecule has 0 radical (unpaired) electrons. The van der Waals surface area contributed by atoms with E-state index >= 15 is 0 Å². The number of halogens is 1. The van der Waals surface area contributed by atoms with Gasteiger partial charge in [-0.1, -0.05) is 22.5 Å². The van der Waals surface area contributed by atoms with Gasteiger partial charge in [0.05, 0.1) is 0 Å². The highest BCUT2D eigenvalue weighted by Crippen LogP contribution is 2.05. The van der Waals surface area contributed by atoms with Crippen molar-refractivity contribution >= 4 is 21.7 Å². The fourth-order valence-electron chi connectivity index (χ4n) is 0.270. The van der Waals surface area contributed by atoms with Crippen molar-refractivity contribution in [2.45, 2.75) is 13.3 Å². The lowest BCUT2D eigenvalue weighted by molar-refractivity contribution is -0.116. The molecule has 0 N–H and O–H groups in total. The second-order valence-corrected chi connectivity index (χ2v) is 2.52. The SMILES string of the molecule is C=C(Br)CC(C)=O. The Kier molecular flexibility index (Phi) is 2.92. The van der Waals surface area contributed by atoms with Gasteiger partial charge in [-0.05, 0) is 11.4 Å². The molecule has 0 spiro atoms. The molecule has 0 saturated carbocycles. The number of rotatable bonds is 2. The van der Waals surface area contributed by atoms with Gasteiger partial charge >= 0.3 is 0 Å². The van der Waals surface area contributed by atoms with Gasteiger partial charge < -0.3 is 0 Å². The quantitative estimate of drug-likeness (QED) is 0.607. The van der Waals surface area contributed by atoms with Gasteiger partial charge in [-0.15, -0.1) is 0 Å². The second kappa shape index (κ2) is 2.97. The lowest BCUT2D eigenvalue weighted by atomic mass is 10.3. The number of ketones is 1. The molecule has 2 heteroatoms. The second-order valence-electron chi connectivity index (χ2n) is 1.40. The summed E-state index contributed by atoms with van der Waals surface area (Å²) < 4.78 is 0.750. The highest BCUT2D eigenvalue weighted by atomic mass is 79.9. The number of carbonyl (C=O) groups is 1. The van der Waals surface area contributed by atoms with Crippen LogP contribution in [0.25, 0.3) is 0 Å². The van der Waals surface area contributed by atoms with Crippen molar-refractivity contribution in [2.24, 2.45) is 0 Å². The van der Waals surface area contributed by atoms with Crippen LogP contribution in [-0.4, -0.2) is 5.78 Å². The molecule has 0 aromatic rings. The van der Waals surface area contributed by atoms with Crippen molar-refractivity contribution in [1.29, 1.82) is 0 Å². The van der Waals surface area contributed by atoms with E-state index in [0.29, 0.717) is 6.42 Å². The third kappa shape index (κ3) is 5.89. The van der Waals surface area contributed by atoms with Crippen LogP contribution in [0.1, 0.15) is 13.3 Å². The Morgan fingerprint density at radius 1 is 1.86 bits per heavy atom. The molecule has 0 aromatic heterocycles. The Morgan fingerprint density at radius 2 is 2.29 bits per heavy atom. The van der Waals surface area contributed by atoms with Gasteiger partial charge in [0, 0.05) is 6.42 Å². The lowest BCUT2D eigenvalue weighted by Gasteiger charge is -1.85. The van der Waals surface area contributed by atoms with Gasteiger partial charge in [-0.25, -0.2) is 0 Å². The minimum atomic E-state index is 0.141. The van der Waals surface area contributed by atoms with Crippen LogP contribution < -0.4 is 0 Å². The van der Waals surface area contributed by atoms with Crippen molar-refractivity contribution in [3.05, 3.63) is 11.1 Å². The molecule has 1 nitrogen and oxygen atoms in total. The Bertz CT molecular complexity index is 84.3. The number of carbonyl (C=O) groups excluding carboxylic acids is 1. The minimum absolute atomic E-state index is 0.141. The number of hydrogen-bond acceptors (Lipinski definition) is 1. The van der Waals surface area contributed by atoms with Crippen LogP contribution in [0.15, 0.2) is 11.1 Å². The van der Waals surface area contributed by atoms with Crippen LogP contribution in [0.2, 0.25) is 0 Å². The molecule has 0 aliphatic rings. The summed E-state index contributed by atoms with van der Waals surface area (Å²) >= 11 is 3.06. The summed E-state index contributed by atoms with van der Waals surface area (Å²) in [6.07, 6.45) is 0.444. The van der Waals surface area contributed by atoms with Crippen molar-refractivity contribution < 1.29 is 4.79 Å². The summed E-state index contributed by atoms with van der Waals surface area (Å²) in [5.74, 6) is 0.141. The van der Waals surface area contributed by atoms with Gasteiger partial charge in [0.1, 0.15) is 5.78 Å². The Morgan fingerprint density at radius 3 is 2.29 bits per heavy atom. The molecule has 0 bridgehead atoms. The van der Waals surface area contributed by atoms with E-state index in [9.17, 15) is 4.79 Å². The summed E-state index contributed by atoms with van der Waals surface area (Å²) in [6.45, 7) is 5.03. The number of allylic oxidation sites excluding steroid dienone is 1. The largest absolute Gasteiger partial charge is 0.300 e. The van der Waals surface area contributed by atoms with Crippen molar-refractivity contribution in [2.75, 3.05) is 0 Å². The molecule has 0 fully saturated rings. The third-order valence-corrected chi connectivity index (χ3v) is 0.721. The highest BCUT2D eigenvalue weighted by molar-refractivity contribution is 9.11. The van der Waals surface area contributed by atoms with E-state index in [1.54, 1.807) is 0 Å². The summed E-state index contributed by atoms with van der Waals surface area (Å²) in [4.78, 5) is 10.2. The average Bonchev–Trinajstić information content (AvgIpc) is 1.27. The standard InChI is InChI=1S/C5H7BrO/c1-4(6)3-5(2)7/h1,3H2,2H3. The first-order chi connectivity index (χ1) is 3.13. The predicted octanol–water partition coefficient (Wildman–Crippen LogP) is 1.87. The fraction of sp³-hybridized carbons (Fsp3) is 0.400. The zero-order valence-electron chi connectivity index (χ0n) is 4.20. The van der Waals surface area contributed by atoms with Gasteiger partial charge in [-0.2, -0.15) is 0 Å². The van der Waals surface area contributed by atoms with E-state index in [1.165, 1.54) is 6.92 Å². The van der Waals surface area contributed by atoms with Crippen LogP contribution in [0.5, 0.6) is 0 Å². The number of hydrogen-bond donors (Lipinski definition) is 0. The Labute approximate surface area is 51.5 Å². The maximum Gasteiger partial charge on any atom is 0.134 e. The van der Waals surface area contributed by atoms with E-state index < -0.39 is 0 Å². The molecule has 0 atom stereocenters. The first-order valence-corrected chi connectivity index (χ1v) is 2.75. The third-order valence-electron chi connectivity index (χ3n) is 0.441. The zero-order chi connectivity index (χ0) is 5.86. The van der Waals surface area contributed by atoms with Crippen LogP contribution in [0, 0.1) is 0 Å². The van der Waals surface area contributed by atoms with Crippen molar-refractivity contribution in [3.63, 3.8) is 0 Å². The molecule has 40 valence electrons. The lowest BCUT2D eigenvalue weighted by Crippen LogP contribution is -1.85. The summed E-state index contributed by atoms with van der Waals surface area (Å²) in [5.41, 5.74) is 0. The van der Waals surface area contributed by atoms with E-state index in [2.05, 4.69) is 22.5 Å². The van der Waals surface area contributed by atoms with E-state index in [-0.39, 0.29) is 5.78 Å². The average molecular weight is 163 g/mol. The van der Waals surface area contributed by atoms with Crippen LogP contribution in [-0.2, 0) is 4.79 Å². The maximum atomic E-state index is 10.2. The van der Waals surface area contributed by atoms with E-state index in [0.717, 1.165) is 4.48 Å². The van der Waals surface area contributed by atoms with Crippen LogP contribution in [0.3, 0.4) is 0 Å². The van der Waals surface area contributed by atoms with Gasteiger partial charge in [0.2, 0.25) is 0 Å². The van der Waals surface area contributed by atoms with Gasteiger partial charge in [0.25, 0.3) is 0 Å². The number of Topliss-reactive ketones (excluding diaryl/α,β-unsaturated/α-hetero) is 1. The molecule has 7 heavy (non-hydrogen) atoms. The summed E-state index contributed by atoms with van der Waals surface area (Å²) in [7, 11) is 0. The van der Waals surface area contributed by atoms with E-state index in [1.807, 2.05) is 0 Å². The summed E-state index contributed by atoms with van der Waals surface area (Å²) in [6, 6.07) is 0. The van der Waals surface area contributed by atoms with Crippen molar-refractivity contribution in [3.8, 4) is 0 Å². The molecular formula is C5H7BrO.